The van der Waals surface area contributed by atoms with E-state index >= 15 is 0 Å². The first-order valence-electron chi connectivity index (χ1n) is 11.2. The second-order valence-electron chi connectivity index (χ2n) is 8.40. The molecule has 2 fully saturated rings. The van der Waals surface area contributed by atoms with Crippen molar-refractivity contribution in [1.82, 2.24) is 15.1 Å². The summed E-state index contributed by atoms with van der Waals surface area (Å²) >= 11 is 9.47. The fraction of sp³-hybridized carbons (Fsp3) is 0.375. The lowest BCUT2D eigenvalue weighted by molar-refractivity contribution is -0.145. The molecule has 10 heteroatoms. The predicted octanol–water partition coefficient (Wildman–Crippen LogP) is 2.58. The standard InChI is InChI=1S/C24H27BrClN5O3/c25-17-4-6-19(7-5-17)28-22(32)15-21-24(34)27-8-9-31(21)23(33)16-29-10-12-30(13-11-29)20-3-1-2-18(26)14-20/h1-7,14,21H,8-13,15-16H2,(H,27,34)(H,28,32). The molecule has 8 nitrogen and oxygen atoms in total. The maximum Gasteiger partial charge on any atom is 0.243 e. The van der Waals surface area contributed by atoms with Gasteiger partial charge in [0.25, 0.3) is 0 Å². The van der Waals surface area contributed by atoms with Crippen molar-refractivity contribution in [1.29, 1.82) is 0 Å². The highest BCUT2D eigenvalue weighted by Crippen LogP contribution is 2.21. The normalized spacial score (nSPS) is 19.0. The molecule has 2 aliphatic heterocycles. The van der Waals surface area contributed by atoms with E-state index in [0.717, 1.165) is 36.3 Å². The molecule has 3 amide bonds. The molecule has 2 aromatic rings. The average molecular weight is 549 g/mol. The van der Waals surface area contributed by atoms with Crippen molar-refractivity contribution in [2.45, 2.75) is 12.5 Å². The quantitative estimate of drug-likeness (QED) is 0.580. The van der Waals surface area contributed by atoms with E-state index in [4.69, 9.17) is 11.6 Å². The molecule has 0 bridgehead atoms. The summed E-state index contributed by atoms with van der Waals surface area (Å²) in [4.78, 5) is 44.2. The highest BCUT2D eigenvalue weighted by molar-refractivity contribution is 9.10. The SMILES string of the molecule is O=C(CC1C(=O)NCCN1C(=O)CN1CCN(c2cccc(Cl)c2)CC1)Nc1ccc(Br)cc1. The number of carbonyl (C=O) groups is 3. The number of amides is 3. The van der Waals surface area contributed by atoms with Gasteiger partial charge in [0.1, 0.15) is 6.04 Å². The number of nitrogens with zero attached hydrogens (tertiary/aromatic N) is 3. The van der Waals surface area contributed by atoms with E-state index in [-0.39, 0.29) is 30.7 Å². The number of benzene rings is 2. The van der Waals surface area contributed by atoms with Crippen LogP contribution in [-0.2, 0) is 14.4 Å². The Morgan fingerprint density at radius 2 is 1.79 bits per heavy atom. The molecule has 2 aromatic carbocycles. The van der Waals surface area contributed by atoms with Crippen LogP contribution in [0.2, 0.25) is 5.02 Å². The summed E-state index contributed by atoms with van der Waals surface area (Å²) in [6.45, 7) is 4.03. The van der Waals surface area contributed by atoms with Crippen molar-refractivity contribution in [2.24, 2.45) is 0 Å². The van der Waals surface area contributed by atoms with Crippen LogP contribution in [0.1, 0.15) is 6.42 Å². The Balaban J connectivity index is 1.32. The highest BCUT2D eigenvalue weighted by atomic mass is 79.9. The van der Waals surface area contributed by atoms with Gasteiger partial charge < -0.3 is 20.4 Å². The average Bonchev–Trinajstić information content (AvgIpc) is 2.82. The summed E-state index contributed by atoms with van der Waals surface area (Å²) in [6, 6.07) is 14.1. The molecule has 2 aliphatic rings. The first-order valence-corrected chi connectivity index (χ1v) is 12.4. The van der Waals surface area contributed by atoms with Gasteiger partial charge in [-0.2, -0.15) is 0 Å². The van der Waals surface area contributed by atoms with Crippen LogP contribution in [0.4, 0.5) is 11.4 Å². The molecule has 1 atom stereocenters. The Bertz CT molecular complexity index is 1040. The topological polar surface area (TPSA) is 85.0 Å². The number of carbonyl (C=O) groups excluding carboxylic acids is 3. The molecule has 0 saturated carbocycles. The molecule has 0 aliphatic carbocycles. The Kier molecular flexibility index (Phi) is 8.07. The summed E-state index contributed by atoms with van der Waals surface area (Å²) in [5.74, 6) is -0.735. The Hall–Kier alpha value is -2.62. The molecule has 34 heavy (non-hydrogen) atoms. The van der Waals surface area contributed by atoms with Gasteiger partial charge in [0, 0.05) is 60.1 Å². The summed E-state index contributed by atoms with van der Waals surface area (Å²) in [5, 5.41) is 6.28. The summed E-state index contributed by atoms with van der Waals surface area (Å²) in [7, 11) is 0. The minimum atomic E-state index is -0.815. The van der Waals surface area contributed by atoms with E-state index in [0.29, 0.717) is 23.8 Å². The van der Waals surface area contributed by atoms with Crippen molar-refractivity contribution in [3.8, 4) is 0 Å². The molecular formula is C24H27BrClN5O3. The fourth-order valence-electron chi connectivity index (χ4n) is 4.26. The summed E-state index contributed by atoms with van der Waals surface area (Å²) in [6.07, 6.45) is -0.0871. The van der Waals surface area contributed by atoms with E-state index < -0.39 is 6.04 Å². The van der Waals surface area contributed by atoms with Crippen molar-refractivity contribution < 1.29 is 14.4 Å². The third kappa shape index (κ3) is 6.28. The summed E-state index contributed by atoms with van der Waals surface area (Å²) < 4.78 is 0.905. The van der Waals surface area contributed by atoms with Gasteiger partial charge in [0.15, 0.2) is 0 Å². The third-order valence-electron chi connectivity index (χ3n) is 6.06. The molecule has 0 aromatic heterocycles. The van der Waals surface area contributed by atoms with Crippen molar-refractivity contribution in [3.05, 3.63) is 58.0 Å². The van der Waals surface area contributed by atoms with E-state index in [1.54, 1.807) is 17.0 Å². The van der Waals surface area contributed by atoms with Crippen LogP contribution in [0.15, 0.2) is 53.0 Å². The third-order valence-corrected chi connectivity index (χ3v) is 6.83. The van der Waals surface area contributed by atoms with Gasteiger partial charge in [-0.15, -0.1) is 0 Å². The molecule has 2 saturated heterocycles. The molecule has 2 N–H and O–H groups in total. The number of piperazine rings is 2. The lowest BCUT2D eigenvalue weighted by Crippen LogP contribution is -2.60. The number of hydrogen-bond acceptors (Lipinski definition) is 5. The second-order valence-corrected chi connectivity index (χ2v) is 9.75. The highest BCUT2D eigenvalue weighted by Gasteiger charge is 2.35. The van der Waals surface area contributed by atoms with E-state index in [2.05, 4.69) is 36.4 Å². The zero-order chi connectivity index (χ0) is 24.1. The van der Waals surface area contributed by atoms with Crippen LogP contribution >= 0.6 is 27.5 Å². The van der Waals surface area contributed by atoms with Crippen LogP contribution in [-0.4, -0.2) is 79.4 Å². The molecule has 2 heterocycles. The predicted molar refractivity (Wildman–Crippen MR) is 136 cm³/mol. The zero-order valence-corrected chi connectivity index (χ0v) is 21.0. The Labute approximate surface area is 212 Å². The minimum Gasteiger partial charge on any atom is -0.369 e. The molecule has 1 unspecified atom stereocenters. The maximum absolute atomic E-state index is 13.1. The van der Waals surface area contributed by atoms with Crippen LogP contribution in [0.5, 0.6) is 0 Å². The van der Waals surface area contributed by atoms with Crippen molar-refractivity contribution in [3.63, 3.8) is 0 Å². The Morgan fingerprint density at radius 1 is 1.06 bits per heavy atom. The lowest BCUT2D eigenvalue weighted by Gasteiger charge is -2.39. The molecule has 0 spiro atoms. The summed E-state index contributed by atoms with van der Waals surface area (Å²) in [5.41, 5.74) is 1.71. The monoisotopic (exact) mass is 547 g/mol. The molecule has 0 radical (unpaired) electrons. The van der Waals surface area contributed by atoms with E-state index in [1.165, 1.54) is 0 Å². The van der Waals surface area contributed by atoms with Crippen LogP contribution in [0.25, 0.3) is 0 Å². The number of halogens is 2. The van der Waals surface area contributed by atoms with Gasteiger partial charge >= 0.3 is 0 Å². The maximum atomic E-state index is 13.1. The number of anilines is 2. The molecule has 4 rings (SSSR count). The van der Waals surface area contributed by atoms with Crippen LogP contribution in [0.3, 0.4) is 0 Å². The van der Waals surface area contributed by atoms with Crippen LogP contribution in [0, 0.1) is 0 Å². The minimum absolute atomic E-state index is 0.0871. The van der Waals surface area contributed by atoms with Gasteiger partial charge in [-0.05, 0) is 42.5 Å². The van der Waals surface area contributed by atoms with Crippen molar-refractivity contribution >= 4 is 56.6 Å². The second kappa shape index (κ2) is 11.2. The Morgan fingerprint density at radius 3 is 2.50 bits per heavy atom. The van der Waals surface area contributed by atoms with Gasteiger partial charge in [-0.25, -0.2) is 0 Å². The zero-order valence-electron chi connectivity index (χ0n) is 18.7. The molecule has 180 valence electrons. The van der Waals surface area contributed by atoms with Crippen molar-refractivity contribution in [2.75, 3.05) is 56.0 Å². The lowest BCUT2D eigenvalue weighted by atomic mass is 10.1. The number of hydrogen-bond donors (Lipinski definition) is 2. The van der Waals surface area contributed by atoms with Crippen LogP contribution < -0.4 is 15.5 Å². The van der Waals surface area contributed by atoms with Gasteiger partial charge in [-0.3, -0.25) is 19.3 Å². The first kappa shape index (κ1) is 24.5. The number of nitrogens with one attached hydrogen (secondary N) is 2. The van der Waals surface area contributed by atoms with Gasteiger partial charge in [-0.1, -0.05) is 33.6 Å². The van der Waals surface area contributed by atoms with E-state index in [9.17, 15) is 14.4 Å². The fourth-order valence-corrected chi connectivity index (χ4v) is 4.70. The van der Waals surface area contributed by atoms with E-state index in [1.807, 2.05) is 36.4 Å². The number of rotatable bonds is 6. The van der Waals surface area contributed by atoms with Gasteiger partial charge in [0.2, 0.25) is 17.7 Å². The first-order chi connectivity index (χ1) is 16.4. The van der Waals surface area contributed by atoms with Gasteiger partial charge in [0.05, 0.1) is 13.0 Å². The largest absolute Gasteiger partial charge is 0.369 e. The molecular weight excluding hydrogens is 522 g/mol. The smallest absolute Gasteiger partial charge is 0.243 e.